The number of rotatable bonds is 7. The Labute approximate surface area is 185 Å². The minimum absolute atomic E-state index is 0. The van der Waals surface area contributed by atoms with Crippen LogP contribution in [0.4, 0.5) is 5.69 Å². The summed E-state index contributed by atoms with van der Waals surface area (Å²) in [5.41, 5.74) is 1.16. The Morgan fingerprint density at radius 3 is 2.61 bits per heavy atom. The zero-order valence-corrected chi connectivity index (χ0v) is 19.1. The molecule has 2 heterocycles. The van der Waals surface area contributed by atoms with Gasteiger partial charge in [0, 0.05) is 45.7 Å². The van der Waals surface area contributed by atoms with Gasteiger partial charge in [0.25, 0.3) is 0 Å². The molecule has 1 aromatic carbocycles. The molecule has 1 saturated heterocycles. The van der Waals surface area contributed by atoms with Gasteiger partial charge >= 0.3 is 0 Å². The van der Waals surface area contributed by atoms with Gasteiger partial charge in [-0.15, -0.1) is 24.0 Å². The van der Waals surface area contributed by atoms with Crippen LogP contribution in [-0.4, -0.2) is 57.2 Å². The third kappa shape index (κ3) is 6.05. The van der Waals surface area contributed by atoms with E-state index >= 15 is 0 Å². The first-order valence-electron chi connectivity index (χ1n) is 9.75. The van der Waals surface area contributed by atoms with Crippen LogP contribution >= 0.6 is 24.0 Å². The van der Waals surface area contributed by atoms with Crippen molar-refractivity contribution in [3.8, 4) is 5.75 Å². The predicted octanol–water partition coefficient (Wildman–Crippen LogP) is 3.63. The molecule has 1 aliphatic rings. The van der Waals surface area contributed by atoms with Crippen LogP contribution in [0.1, 0.15) is 19.1 Å². The lowest BCUT2D eigenvalue weighted by atomic mass is 10.2. The minimum Gasteiger partial charge on any atom is -0.495 e. The van der Waals surface area contributed by atoms with E-state index in [1.165, 1.54) is 0 Å². The highest BCUT2D eigenvalue weighted by Crippen LogP contribution is 2.28. The number of furan rings is 1. The Morgan fingerprint density at radius 2 is 1.93 bits per heavy atom. The molecule has 1 aromatic heterocycles. The number of benzene rings is 1. The molecule has 0 spiro atoms. The third-order valence-electron chi connectivity index (χ3n) is 4.72. The highest BCUT2D eigenvalue weighted by molar-refractivity contribution is 14.0. The number of ether oxygens (including phenoxy) is 1. The molecule has 2 aromatic rings. The zero-order chi connectivity index (χ0) is 18.9. The number of piperazine rings is 1. The maximum Gasteiger partial charge on any atom is 0.194 e. The van der Waals surface area contributed by atoms with Gasteiger partial charge in [0.15, 0.2) is 5.96 Å². The molecular weight excluding hydrogens is 467 g/mol. The van der Waals surface area contributed by atoms with Crippen LogP contribution in [0.15, 0.2) is 52.1 Å². The molecule has 154 valence electrons. The molecule has 0 bridgehead atoms. The van der Waals surface area contributed by atoms with Crippen LogP contribution in [0.2, 0.25) is 0 Å². The van der Waals surface area contributed by atoms with Gasteiger partial charge in [-0.05, 0) is 30.7 Å². The number of methoxy groups -OCH3 is 1. The third-order valence-corrected chi connectivity index (χ3v) is 4.72. The second kappa shape index (κ2) is 11.8. The van der Waals surface area contributed by atoms with Crippen molar-refractivity contribution in [1.29, 1.82) is 0 Å². The fourth-order valence-corrected chi connectivity index (χ4v) is 3.29. The first-order chi connectivity index (χ1) is 13.3. The number of anilines is 1. The van der Waals surface area contributed by atoms with Gasteiger partial charge < -0.3 is 24.3 Å². The van der Waals surface area contributed by atoms with E-state index in [2.05, 4.69) is 34.2 Å². The molecular formula is C21H31IN4O2. The zero-order valence-electron chi connectivity index (χ0n) is 16.8. The molecule has 1 N–H and O–H groups in total. The summed E-state index contributed by atoms with van der Waals surface area (Å²) < 4.78 is 10.9. The van der Waals surface area contributed by atoms with Crippen LogP contribution in [0.3, 0.4) is 0 Å². The van der Waals surface area contributed by atoms with Crippen LogP contribution in [0.5, 0.6) is 5.75 Å². The Bertz CT molecular complexity index is 713. The monoisotopic (exact) mass is 498 g/mol. The topological polar surface area (TPSA) is 53.2 Å². The van der Waals surface area contributed by atoms with E-state index in [9.17, 15) is 0 Å². The van der Waals surface area contributed by atoms with Gasteiger partial charge in [-0.2, -0.15) is 0 Å². The summed E-state index contributed by atoms with van der Waals surface area (Å²) in [7, 11) is 1.73. The smallest absolute Gasteiger partial charge is 0.194 e. The second-order valence-corrected chi connectivity index (χ2v) is 6.61. The number of hydrogen-bond acceptors (Lipinski definition) is 4. The SMILES string of the molecule is CCCN=C(NCCc1ccco1)N1CCN(c2ccccc2OC)CC1.I. The molecule has 3 rings (SSSR count). The van der Waals surface area contributed by atoms with E-state index in [1.807, 2.05) is 24.3 Å². The van der Waals surface area contributed by atoms with E-state index in [0.29, 0.717) is 0 Å². The molecule has 7 heteroatoms. The van der Waals surface area contributed by atoms with Gasteiger partial charge in [0.05, 0.1) is 19.1 Å². The van der Waals surface area contributed by atoms with Crippen LogP contribution in [0, 0.1) is 0 Å². The average Bonchev–Trinajstić information content (AvgIpc) is 3.24. The lowest BCUT2D eigenvalue weighted by molar-refractivity contribution is 0.366. The first kappa shape index (κ1) is 22.4. The van der Waals surface area contributed by atoms with Crippen LogP contribution < -0.4 is 15.0 Å². The fourth-order valence-electron chi connectivity index (χ4n) is 3.29. The second-order valence-electron chi connectivity index (χ2n) is 6.61. The van der Waals surface area contributed by atoms with E-state index in [0.717, 1.165) is 75.3 Å². The van der Waals surface area contributed by atoms with Crippen molar-refractivity contribution in [2.24, 2.45) is 4.99 Å². The van der Waals surface area contributed by atoms with Crippen molar-refractivity contribution in [2.75, 3.05) is 51.3 Å². The summed E-state index contributed by atoms with van der Waals surface area (Å²) in [6, 6.07) is 12.2. The minimum atomic E-state index is 0. The Morgan fingerprint density at radius 1 is 1.14 bits per heavy atom. The predicted molar refractivity (Wildman–Crippen MR) is 125 cm³/mol. The van der Waals surface area contributed by atoms with Gasteiger partial charge in [0.1, 0.15) is 11.5 Å². The largest absolute Gasteiger partial charge is 0.495 e. The van der Waals surface area contributed by atoms with E-state index in [-0.39, 0.29) is 24.0 Å². The normalized spacial score (nSPS) is 14.6. The first-order valence-corrected chi connectivity index (χ1v) is 9.75. The highest BCUT2D eigenvalue weighted by atomic mass is 127. The molecule has 0 amide bonds. The van der Waals surface area contributed by atoms with Gasteiger partial charge in [-0.25, -0.2) is 0 Å². The number of nitrogens with zero attached hydrogens (tertiary/aromatic N) is 3. The van der Waals surface area contributed by atoms with E-state index in [4.69, 9.17) is 14.1 Å². The van der Waals surface area contributed by atoms with Crippen molar-refractivity contribution in [3.63, 3.8) is 0 Å². The molecule has 1 fully saturated rings. The maximum absolute atomic E-state index is 5.51. The molecule has 0 radical (unpaired) electrons. The number of nitrogens with one attached hydrogen (secondary N) is 1. The van der Waals surface area contributed by atoms with Crippen molar-refractivity contribution < 1.29 is 9.15 Å². The fraction of sp³-hybridized carbons (Fsp3) is 0.476. The summed E-state index contributed by atoms with van der Waals surface area (Å²) in [6.07, 6.45) is 3.63. The molecule has 1 aliphatic heterocycles. The van der Waals surface area contributed by atoms with Gasteiger partial charge in [0.2, 0.25) is 0 Å². The summed E-state index contributed by atoms with van der Waals surface area (Å²) in [5.74, 6) is 2.93. The summed E-state index contributed by atoms with van der Waals surface area (Å²) in [4.78, 5) is 9.51. The van der Waals surface area contributed by atoms with Crippen molar-refractivity contribution >= 4 is 35.6 Å². The highest BCUT2D eigenvalue weighted by Gasteiger charge is 2.21. The number of para-hydroxylation sites is 2. The lowest BCUT2D eigenvalue weighted by Gasteiger charge is -2.38. The molecule has 6 nitrogen and oxygen atoms in total. The molecule has 0 unspecified atom stereocenters. The summed E-state index contributed by atoms with van der Waals surface area (Å²) >= 11 is 0. The quantitative estimate of drug-likeness (QED) is 0.359. The van der Waals surface area contributed by atoms with Gasteiger partial charge in [-0.3, -0.25) is 4.99 Å². The lowest BCUT2D eigenvalue weighted by Crippen LogP contribution is -2.53. The number of halogens is 1. The average molecular weight is 498 g/mol. The van der Waals surface area contributed by atoms with Crippen LogP contribution in [0.25, 0.3) is 0 Å². The molecule has 28 heavy (non-hydrogen) atoms. The van der Waals surface area contributed by atoms with E-state index in [1.54, 1.807) is 13.4 Å². The Kier molecular flexibility index (Phi) is 9.46. The Hall–Kier alpha value is -1.90. The molecule has 0 aliphatic carbocycles. The summed E-state index contributed by atoms with van der Waals surface area (Å²) in [5, 5.41) is 3.51. The van der Waals surface area contributed by atoms with Crippen LogP contribution in [-0.2, 0) is 6.42 Å². The standard InChI is InChI=1S/C21H30N4O2.HI/c1-3-11-22-21(23-12-10-18-7-6-17-27-18)25-15-13-24(14-16-25)19-8-4-5-9-20(19)26-2;/h4-9,17H,3,10-16H2,1-2H3,(H,22,23);1H. The Balaban J connectivity index is 0.00000280. The number of hydrogen-bond donors (Lipinski definition) is 1. The van der Waals surface area contributed by atoms with E-state index < -0.39 is 0 Å². The maximum atomic E-state index is 5.51. The van der Waals surface area contributed by atoms with Crippen molar-refractivity contribution in [3.05, 3.63) is 48.4 Å². The van der Waals surface area contributed by atoms with Crippen molar-refractivity contribution in [2.45, 2.75) is 19.8 Å². The molecule has 0 saturated carbocycles. The number of guanidine groups is 1. The molecule has 0 atom stereocenters. The van der Waals surface area contributed by atoms with Gasteiger partial charge in [-0.1, -0.05) is 19.1 Å². The summed E-state index contributed by atoms with van der Waals surface area (Å²) in [6.45, 7) is 7.60. The number of aliphatic imine (C=N–C) groups is 1. The van der Waals surface area contributed by atoms with Crippen molar-refractivity contribution in [1.82, 2.24) is 10.2 Å².